The van der Waals surface area contributed by atoms with Crippen molar-refractivity contribution >= 4 is 16.9 Å². The number of piperidine rings is 1. The molecule has 3 aromatic rings. The molecule has 2 aromatic heterocycles. The van der Waals surface area contributed by atoms with Gasteiger partial charge in [-0.05, 0) is 43.0 Å². The maximum Gasteiger partial charge on any atom is 0.255 e. The van der Waals surface area contributed by atoms with Crippen molar-refractivity contribution in [3.05, 3.63) is 60.2 Å². The average molecular weight is 361 g/mol. The van der Waals surface area contributed by atoms with Crippen molar-refractivity contribution < 1.29 is 4.79 Å². The van der Waals surface area contributed by atoms with Gasteiger partial charge in [-0.3, -0.25) is 14.7 Å². The number of hydrogen-bond donors (Lipinski definition) is 1. The zero-order chi connectivity index (χ0) is 18.2. The molecule has 27 heavy (non-hydrogen) atoms. The molecule has 0 spiro atoms. The Hall–Kier alpha value is -2.73. The molecule has 0 aliphatic carbocycles. The highest BCUT2D eigenvalue weighted by molar-refractivity contribution is 5.94. The number of amides is 1. The van der Waals surface area contributed by atoms with Gasteiger partial charge in [0, 0.05) is 38.1 Å². The molecule has 0 saturated carbocycles. The number of H-pyrrole nitrogens is 1. The molecule has 2 bridgehead atoms. The second-order valence-electron chi connectivity index (χ2n) is 7.68. The lowest BCUT2D eigenvalue weighted by Gasteiger charge is -2.35. The summed E-state index contributed by atoms with van der Waals surface area (Å²) in [6.07, 6.45) is 5.71. The number of aromatic amines is 1. The van der Waals surface area contributed by atoms with Crippen molar-refractivity contribution in [1.29, 1.82) is 0 Å². The summed E-state index contributed by atoms with van der Waals surface area (Å²) in [5, 5.41) is 0. The zero-order valence-electron chi connectivity index (χ0n) is 15.2. The number of nitrogens with zero attached hydrogens (tertiary/aromatic N) is 4. The fourth-order valence-corrected chi connectivity index (χ4v) is 4.48. The highest BCUT2D eigenvalue weighted by Gasteiger charge is 2.36. The minimum atomic E-state index is 0.102. The summed E-state index contributed by atoms with van der Waals surface area (Å²) in [4.78, 5) is 29.7. The number of aromatic nitrogens is 3. The van der Waals surface area contributed by atoms with Gasteiger partial charge in [0.05, 0.1) is 23.1 Å². The first-order valence-corrected chi connectivity index (χ1v) is 9.63. The summed E-state index contributed by atoms with van der Waals surface area (Å²) in [6.45, 7) is 3.45. The summed E-state index contributed by atoms with van der Waals surface area (Å²) in [5.41, 5.74) is 2.78. The van der Waals surface area contributed by atoms with E-state index in [1.807, 2.05) is 35.2 Å². The lowest BCUT2D eigenvalue weighted by Crippen LogP contribution is -2.44. The minimum absolute atomic E-state index is 0.102. The van der Waals surface area contributed by atoms with E-state index in [0.717, 1.165) is 49.5 Å². The van der Waals surface area contributed by atoms with Gasteiger partial charge in [-0.2, -0.15) is 0 Å². The second-order valence-corrected chi connectivity index (χ2v) is 7.68. The Morgan fingerprint density at radius 1 is 1.11 bits per heavy atom. The number of carbonyl (C=O) groups is 1. The Balaban J connectivity index is 1.34. The Morgan fingerprint density at radius 3 is 2.89 bits per heavy atom. The molecule has 2 atom stereocenters. The lowest BCUT2D eigenvalue weighted by molar-refractivity contribution is 0.0735. The van der Waals surface area contributed by atoms with Crippen molar-refractivity contribution in [2.24, 2.45) is 5.92 Å². The third-order valence-corrected chi connectivity index (χ3v) is 5.81. The summed E-state index contributed by atoms with van der Waals surface area (Å²) in [6, 6.07) is 12.2. The molecule has 6 heteroatoms. The van der Waals surface area contributed by atoms with Gasteiger partial charge in [0.2, 0.25) is 0 Å². The average Bonchev–Trinajstić information content (AvgIpc) is 2.89. The first kappa shape index (κ1) is 16.4. The number of para-hydroxylation sites is 2. The molecule has 3 fully saturated rings. The third-order valence-electron chi connectivity index (χ3n) is 5.81. The van der Waals surface area contributed by atoms with Crippen LogP contribution in [-0.2, 0) is 6.54 Å². The van der Waals surface area contributed by atoms with Crippen LogP contribution in [0.15, 0.2) is 48.8 Å². The molecule has 5 heterocycles. The summed E-state index contributed by atoms with van der Waals surface area (Å²) < 4.78 is 0. The van der Waals surface area contributed by atoms with Gasteiger partial charge in [0.25, 0.3) is 5.91 Å². The predicted molar refractivity (Wildman–Crippen MR) is 103 cm³/mol. The van der Waals surface area contributed by atoms with Gasteiger partial charge in [-0.1, -0.05) is 12.1 Å². The number of benzene rings is 1. The molecule has 3 aliphatic heterocycles. The fourth-order valence-electron chi connectivity index (χ4n) is 4.48. The molecule has 1 amide bonds. The van der Waals surface area contributed by atoms with Crippen LogP contribution in [0.1, 0.15) is 29.0 Å². The van der Waals surface area contributed by atoms with Crippen molar-refractivity contribution in [3.8, 4) is 0 Å². The summed E-state index contributed by atoms with van der Waals surface area (Å²) in [5.74, 6) is 1.63. The van der Waals surface area contributed by atoms with E-state index in [0.29, 0.717) is 17.5 Å². The molecular weight excluding hydrogens is 338 g/mol. The van der Waals surface area contributed by atoms with E-state index >= 15 is 0 Å². The van der Waals surface area contributed by atoms with E-state index in [2.05, 4.69) is 20.9 Å². The van der Waals surface area contributed by atoms with Gasteiger partial charge in [-0.25, -0.2) is 4.98 Å². The molecular formula is C21H23N5O. The van der Waals surface area contributed by atoms with Crippen LogP contribution in [-0.4, -0.2) is 56.3 Å². The lowest BCUT2D eigenvalue weighted by atomic mass is 9.95. The molecule has 3 saturated heterocycles. The van der Waals surface area contributed by atoms with Crippen molar-refractivity contribution in [2.45, 2.75) is 25.4 Å². The third kappa shape index (κ3) is 3.21. The summed E-state index contributed by atoms with van der Waals surface area (Å²) >= 11 is 0. The number of rotatable bonds is 3. The van der Waals surface area contributed by atoms with Crippen LogP contribution in [0.4, 0.5) is 0 Å². The molecule has 1 aromatic carbocycles. The fraction of sp³-hybridized carbons (Fsp3) is 0.381. The van der Waals surface area contributed by atoms with Gasteiger partial charge < -0.3 is 9.88 Å². The van der Waals surface area contributed by atoms with Gasteiger partial charge >= 0.3 is 0 Å². The largest absolute Gasteiger partial charge is 0.341 e. The van der Waals surface area contributed by atoms with Crippen molar-refractivity contribution in [1.82, 2.24) is 24.8 Å². The molecule has 1 N–H and O–H groups in total. The number of carbonyl (C=O) groups excluding carboxylic acids is 1. The topological polar surface area (TPSA) is 65.1 Å². The van der Waals surface area contributed by atoms with Gasteiger partial charge in [-0.15, -0.1) is 0 Å². The molecule has 6 rings (SSSR count). The van der Waals surface area contributed by atoms with E-state index < -0.39 is 0 Å². The molecule has 6 nitrogen and oxygen atoms in total. The van der Waals surface area contributed by atoms with Crippen LogP contribution in [0, 0.1) is 5.92 Å². The standard InChI is InChI=1S/C21H23N5O/c27-21(16-4-3-9-22-10-16)26-12-15-7-8-17(13-26)25(11-15)14-20-23-18-5-1-2-6-19(18)24-20/h1-6,9-10,15,17H,7-8,11-14H2,(H,23,24)/t15-,17-/m1/s1. The molecule has 0 unspecified atom stereocenters. The highest BCUT2D eigenvalue weighted by Crippen LogP contribution is 2.30. The highest BCUT2D eigenvalue weighted by atomic mass is 16.2. The number of hydrogen-bond acceptors (Lipinski definition) is 4. The van der Waals surface area contributed by atoms with Crippen LogP contribution < -0.4 is 0 Å². The molecule has 138 valence electrons. The zero-order valence-corrected chi connectivity index (χ0v) is 15.2. The number of imidazole rings is 1. The quantitative estimate of drug-likeness (QED) is 0.779. The van der Waals surface area contributed by atoms with Crippen molar-refractivity contribution in [3.63, 3.8) is 0 Å². The van der Waals surface area contributed by atoms with E-state index in [1.54, 1.807) is 12.4 Å². The number of fused-ring (bicyclic) bond motifs is 5. The van der Waals surface area contributed by atoms with E-state index in [-0.39, 0.29) is 5.91 Å². The first-order chi connectivity index (χ1) is 13.3. The normalized spacial score (nSPS) is 22.9. The minimum Gasteiger partial charge on any atom is -0.341 e. The SMILES string of the molecule is O=C(c1cccnc1)N1C[C@@H]2CC[C@H](C1)N(Cc1nc3ccccc3[nH]1)C2. The Bertz CT molecular complexity index is 920. The Labute approximate surface area is 158 Å². The van der Waals surface area contributed by atoms with Gasteiger partial charge in [0.15, 0.2) is 0 Å². The number of nitrogens with one attached hydrogen (secondary N) is 1. The van der Waals surface area contributed by atoms with Crippen LogP contribution in [0.3, 0.4) is 0 Å². The van der Waals surface area contributed by atoms with E-state index in [1.165, 1.54) is 6.42 Å². The predicted octanol–water partition coefficient (Wildman–Crippen LogP) is 2.69. The smallest absolute Gasteiger partial charge is 0.255 e. The molecule has 0 radical (unpaired) electrons. The Morgan fingerprint density at radius 2 is 2.04 bits per heavy atom. The van der Waals surface area contributed by atoms with E-state index in [9.17, 15) is 4.79 Å². The maximum atomic E-state index is 12.9. The maximum absolute atomic E-state index is 12.9. The van der Waals surface area contributed by atoms with Crippen LogP contribution in [0.25, 0.3) is 11.0 Å². The molecule has 3 aliphatic rings. The van der Waals surface area contributed by atoms with E-state index in [4.69, 9.17) is 4.98 Å². The first-order valence-electron chi connectivity index (χ1n) is 9.63. The summed E-state index contributed by atoms with van der Waals surface area (Å²) in [7, 11) is 0. The van der Waals surface area contributed by atoms with Crippen LogP contribution in [0.5, 0.6) is 0 Å². The van der Waals surface area contributed by atoms with Gasteiger partial charge in [0.1, 0.15) is 5.82 Å². The van der Waals surface area contributed by atoms with Crippen molar-refractivity contribution in [2.75, 3.05) is 19.6 Å². The second kappa shape index (κ2) is 6.78. The van der Waals surface area contributed by atoms with Crippen LogP contribution >= 0.6 is 0 Å². The Kier molecular flexibility index (Phi) is 4.13. The monoisotopic (exact) mass is 361 g/mol. The van der Waals surface area contributed by atoms with Crippen LogP contribution in [0.2, 0.25) is 0 Å². The number of pyridine rings is 1.